The van der Waals surface area contributed by atoms with Crippen molar-refractivity contribution in [2.45, 2.75) is 0 Å². The Balaban J connectivity index is 0.000000605. The zero-order chi connectivity index (χ0) is 6.81. The summed E-state index contributed by atoms with van der Waals surface area (Å²) in [4.78, 5) is 4.18. The van der Waals surface area contributed by atoms with Crippen molar-refractivity contribution in [1.29, 1.82) is 0 Å². The summed E-state index contributed by atoms with van der Waals surface area (Å²) in [5.74, 6) is 0. The molecule has 2 aromatic rings. The second-order valence-corrected chi connectivity index (χ2v) is 2.20. The van der Waals surface area contributed by atoms with Crippen LogP contribution in [0.4, 0.5) is 0 Å². The first-order valence-electron chi connectivity index (χ1n) is 3.26. The van der Waals surface area contributed by atoms with Gasteiger partial charge in [0.2, 0.25) is 0 Å². The first-order chi connectivity index (χ1) is 4.97. The van der Waals surface area contributed by atoms with Crippen molar-refractivity contribution in [3.63, 3.8) is 0 Å². The molecule has 0 saturated carbocycles. The molecule has 0 bridgehead atoms. The van der Waals surface area contributed by atoms with Gasteiger partial charge in [-0.2, -0.15) is 0 Å². The minimum absolute atomic E-state index is 0. The van der Waals surface area contributed by atoms with Gasteiger partial charge in [-0.1, -0.05) is 24.3 Å². The molecule has 0 aliphatic carbocycles. The molecule has 11 heavy (non-hydrogen) atoms. The van der Waals surface area contributed by atoms with Crippen LogP contribution in [-0.2, 0) is 17.1 Å². The molecule has 0 atom stereocenters. The molecular formula is C9H7CuN+2. The van der Waals surface area contributed by atoms with Crippen molar-refractivity contribution in [3.8, 4) is 0 Å². The van der Waals surface area contributed by atoms with Crippen molar-refractivity contribution in [3.05, 3.63) is 42.6 Å². The Labute approximate surface area is 75.9 Å². The number of nitrogens with zero attached hydrogens (tertiary/aromatic N) is 1. The van der Waals surface area contributed by atoms with E-state index in [0.29, 0.717) is 0 Å². The van der Waals surface area contributed by atoms with E-state index >= 15 is 0 Å². The summed E-state index contributed by atoms with van der Waals surface area (Å²) < 4.78 is 0. The van der Waals surface area contributed by atoms with E-state index in [1.54, 1.807) is 0 Å². The van der Waals surface area contributed by atoms with Crippen LogP contribution in [0.15, 0.2) is 42.6 Å². The van der Waals surface area contributed by atoms with Crippen LogP contribution in [0.5, 0.6) is 0 Å². The van der Waals surface area contributed by atoms with Crippen LogP contribution in [0, 0.1) is 0 Å². The molecule has 0 aliphatic rings. The molecular weight excluding hydrogens is 186 g/mol. The fraction of sp³-hybridized carbons (Fsp3) is 0. The van der Waals surface area contributed by atoms with E-state index < -0.39 is 0 Å². The SMILES string of the molecule is [Cu+2].c1ccc2ncccc2c1. The fourth-order valence-electron chi connectivity index (χ4n) is 1.02. The van der Waals surface area contributed by atoms with Gasteiger partial charge in [0.05, 0.1) is 5.52 Å². The van der Waals surface area contributed by atoms with Crippen LogP contribution >= 0.6 is 0 Å². The van der Waals surface area contributed by atoms with E-state index in [9.17, 15) is 0 Å². The average molecular weight is 193 g/mol. The third-order valence-corrected chi connectivity index (χ3v) is 1.51. The summed E-state index contributed by atoms with van der Waals surface area (Å²) in [7, 11) is 0. The van der Waals surface area contributed by atoms with E-state index in [1.807, 2.05) is 30.5 Å². The number of hydrogen-bond donors (Lipinski definition) is 0. The van der Waals surface area contributed by atoms with Gasteiger partial charge in [-0.15, -0.1) is 0 Å². The molecule has 1 heterocycles. The van der Waals surface area contributed by atoms with Crippen molar-refractivity contribution in [2.24, 2.45) is 0 Å². The number of aromatic nitrogens is 1. The van der Waals surface area contributed by atoms with Gasteiger partial charge in [-0.3, -0.25) is 4.98 Å². The van der Waals surface area contributed by atoms with E-state index in [4.69, 9.17) is 0 Å². The van der Waals surface area contributed by atoms with Gasteiger partial charge in [0, 0.05) is 11.6 Å². The summed E-state index contributed by atoms with van der Waals surface area (Å²) in [6.07, 6.45) is 1.81. The maximum absolute atomic E-state index is 4.18. The van der Waals surface area contributed by atoms with Gasteiger partial charge in [0.15, 0.2) is 0 Å². The van der Waals surface area contributed by atoms with Crippen molar-refractivity contribution in [2.75, 3.05) is 0 Å². The predicted molar refractivity (Wildman–Crippen MR) is 41.7 cm³/mol. The third kappa shape index (κ3) is 1.59. The molecule has 57 valence electrons. The van der Waals surface area contributed by atoms with Gasteiger partial charge in [-0.05, 0) is 12.1 Å². The normalized spacial score (nSPS) is 9.09. The minimum Gasteiger partial charge on any atom is -0.256 e. The first kappa shape index (κ1) is 8.25. The zero-order valence-corrected chi connectivity index (χ0v) is 6.73. The summed E-state index contributed by atoms with van der Waals surface area (Å²) >= 11 is 0. The van der Waals surface area contributed by atoms with Crippen molar-refractivity contribution in [1.82, 2.24) is 4.98 Å². The first-order valence-corrected chi connectivity index (χ1v) is 3.26. The number of para-hydroxylation sites is 1. The monoisotopic (exact) mass is 192 g/mol. The largest absolute Gasteiger partial charge is 2.00 e. The molecule has 1 nitrogen and oxygen atoms in total. The molecule has 0 unspecified atom stereocenters. The molecule has 0 fully saturated rings. The molecule has 0 amide bonds. The van der Waals surface area contributed by atoms with Crippen LogP contribution in [0.2, 0.25) is 0 Å². The predicted octanol–water partition coefficient (Wildman–Crippen LogP) is 2.23. The number of pyridine rings is 1. The fourth-order valence-corrected chi connectivity index (χ4v) is 1.02. The Morgan fingerprint density at radius 3 is 2.45 bits per heavy atom. The summed E-state index contributed by atoms with van der Waals surface area (Å²) in [6, 6.07) is 12.1. The number of rotatable bonds is 0. The summed E-state index contributed by atoms with van der Waals surface area (Å²) in [5, 5.41) is 1.20. The Hall–Kier alpha value is -0.851. The van der Waals surface area contributed by atoms with Crippen LogP contribution in [-0.4, -0.2) is 4.98 Å². The minimum atomic E-state index is 0. The van der Waals surface area contributed by atoms with E-state index in [1.165, 1.54) is 5.39 Å². The molecule has 0 saturated heterocycles. The number of fused-ring (bicyclic) bond motifs is 1. The number of benzene rings is 1. The van der Waals surface area contributed by atoms with Gasteiger partial charge in [0.1, 0.15) is 0 Å². The van der Waals surface area contributed by atoms with E-state index in [-0.39, 0.29) is 17.1 Å². The van der Waals surface area contributed by atoms with Gasteiger partial charge in [-0.25, -0.2) is 0 Å². The Kier molecular flexibility index (Phi) is 2.64. The molecule has 2 rings (SSSR count). The maximum Gasteiger partial charge on any atom is 2.00 e. The maximum atomic E-state index is 4.18. The molecule has 1 radical (unpaired) electrons. The summed E-state index contributed by atoms with van der Waals surface area (Å²) in [6.45, 7) is 0. The molecule has 0 N–H and O–H groups in total. The third-order valence-electron chi connectivity index (χ3n) is 1.51. The standard InChI is InChI=1S/C9H7N.Cu/c1-2-6-9-8(4-1)5-3-7-10-9;/h1-7H;/q;+2. The molecule has 0 spiro atoms. The molecule has 1 aromatic heterocycles. The Morgan fingerprint density at radius 1 is 0.909 bits per heavy atom. The summed E-state index contributed by atoms with van der Waals surface area (Å²) in [5.41, 5.74) is 1.06. The zero-order valence-electron chi connectivity index (χ0n) is 5.79. The molecule has 2 heteroatoms. The van der Waals surface area contributed by atoms with Crippen LogP contribution < -0.4 is 0 Å². The van der Waals surface area contributed by atoms with Crippen LogP contribution in [0.1, 0.15) is 0 Å². The van der Waals surface area contributed by atoms with Gasteiger partial charge >= 0.3 is 17.1 Å². The van der Waals surface area contributed by atoms with Crippen LogP contribution in [0.25, 0.3) is 10.9 Å². The van der Waals surface area contributed by atoms with E-state index in [2.05, 4.69) is 17.1 Å². The molecule has 0 aliphatic heterocycles. The second-order valence-electron chi connectivity index (χ2n) is 2.20. The van der Waals surface area contributed by atoms with E-state index in [0.717, 1.165) is 5.52 Å². The quantitative estimate of drug-likeness (QED) is 0.584. The van der Waals surface area contributed by atoms with Crippen molar-refractivity contribution < 1.29 is 17.1 Å². The second kappa shape index (κ2) is 3.51. The average Bonchev–Trinajstić information content (AvgIpc) is 2.05. The van der Waals surface area contributed by atoms with Gasteiger partial charge < -0.3 is 0 Å². The van der Waals surface area contributed by atoms with Crippen molar-refractivity contribution >= 4 is 10.9 Å². The topological polar surface area (TPSA) is 12.9 Å². The Bertz CT molecular complexity index is 281. The Morgan fingerprint density at radius 2 is 1.64 bits per heavy atom. The number of hydrogen-bond acceptors (Lipinski definition) is 1. The van der Waals surface area contributed by atoms with Crippen LogP contribution in [0.3, 0.4) is 0 Å². The smallest absolute Gasteiger partial charge is 0.256 e. The molecule has 1 aromatic carbocycles. The van der Waals surface area contributed by atoms with Gasteiger partial charge in [0.25, 0.3) is 0 Å².